The summed E-state index contributed by atoms with van der Waals surface area (Å²) in [5, 5.41) is 0. The first-order valence-electron chi connectivity index (χ1n) is 7.84. The van der Waals surface area contributed by atoms with Crippen molar-refractivity contribution in [1.82, 2.24) is 9.80 Å². The Bertz CT molecular complexity index is 534. The molecule has 1 aromatic rings. The molecule has 1 aromatic carbocycles. The summed E-state index contributed by atoms with van der Waals surface area (Å²) in [6.45, 7) is 2.61. The van der Waals surface area contributed by atoms with Gasteiger partial charge in [0.1, 0.15) is 0 Å². The molecule has 4 nitrogen and oxygen atoms in total. The lowest BCUT2D eigenvalue weighted by molar-refractivity contribution is -0.134. The average molecular weight is 286 g/mol. The second kappa shape index (κ2) is 6.29. The van der Waals surface area contributed by atoms with Gasteiger partial charge in [-0.25, -0.2) is 0 Å². The van der Waals surface area contributed by atoms with Gasteiger partial charge in [0.05, 0.1) is 6.42 Å². The summed E-state index contributed by atoms with van der Waals surface area (Å²) >= 11 is 0. The largest absolute Gasteiger partial charge is 0.342 e. The predicted molar refractivity (Wildman–Crippen MR) is 81.0 cm³/mol. The van der Waals surface area contributed by atoms with E-state index >= 15 is 0 Å². The molecule has 0 spiro atoms. The average Bonchev–Trinajstić information content (AvgIpc) is 2.55. The van der Waals surface area contributed by atoms with Crippen LogP contribution in [0.25, 0.3) is 0 Å². The molecule has 0 radical (unpaired) electrons. The molecular weight excluding hydrogens is 264 g/mol. The van der Waals surface area contributed by atoms with Gasteiger partial charge < -0.3 is 9.80 Å². The maximum absolute atomic E-state index is 12.3. The third-order valence-electron chi connectivity index (χ3n) is 4.58. The zero-order valence-electron chi connectivity index (χ0n) is 12.4. The molecule has 112 valence electrons. The fourth-order valence-corrected chi connectivity index (χ4v) is 3.26. The molecule has 4 heteroatoms. The van der Waals surface area contributed by atoms with Gasteiger partial charge in [-0.3, -0.25) is 9.59 Å². The number of hydrogen-bond acceptors (Lipinski definition) is 2. The van der Waals surface area contributed by atoms with E-state index in [0.29, 0.717) is 32.6 Å². The van der Waals surface area contributed by atoms with E-state index in [-0.39, 0.29) is 5.91 Å². The van der Waals surface area contributed by atoms with Crippen molar-refractivity contribution in [1.29, 1.82) is 0 Å². The monoisotopic (exact) mass is 286 g/mol. The van der Waals surface area contributed by atoms with Crippen LogP contribution in [0.2, 0.25) is 0 Å². The van der Waals surface area contributed by atoms with Gasteiger partial charge in [-0.2, -0.15) is 0 Å². The SMILES string of the molecule is O=CN1CCN(C(=O)Cc2ccc3c(c2)CCCC3)CC1. The number of amides is 2. The van der Waals surface area contributed by atoms with Gasteiger partial charge in [-0.05, 0) is 42.4 Å². The first-order valence-corrected chi connectivity index (χ1v) is 7.84. The first-order chi connectivity index (χ1) is 10.3. The maximum atomic E-state index is 12.3. The van der Waals surface area contributed by atoms with E-state index in [1.807, 2.05) is 4.90 Å². The number of nitrogens with zero attached hydrogens (tertiary/aromatic N) is 2. The molecule has 1 heterocycles. The molecule has 2 aliphatic rings. The normalized spacial score (nSPS) is 18.3. The van der Waals surface area contributed by atoms with Crippen LogP contribution in [-0.4, -0.2) is 48.3 Å². The molecule has 3 rings (SSSR count). The number of aryl methyl sites for hydroxylation is 2. The Kier molecular flexibility index (Phi) is 4.23. The van der Waals surface area contributed by atoms with Crippen LogP contribution in [0.3, 0.4) is 0 Å². The van der Waals surface area contributed by atoms with Crippen molar-refractivity contribution >= 4 is 12.3 Å². The van der Waals surface area contributed by atoms with Gasteiger partial charge >= 0.3 is 0 Å². The number of rotatable bonds is 3. The van der Waals surface area contributed by atoms with Crippen LogP contribution >= 0.6 is 0 Å². The van der Waals surface area contributed by atoms with Crippen molar-refractivity contribution in [3.63, 3.8) is 0 Å². The highest BCUT2D eigenvalue weighted by molar-refractivity contribution is 5.79. The molecule has 1 aliphatic carbocycles. The van der Waals surface area contributed by atoms with Crippen LogP contribution in [0.5, 0.6) is 0 Å². The minimum atomic E-state index is 0.177. The molecule has 1 fully saturated rings. The summed E-state index contributed by atoms with van der Waals surface area (Å²) < 4.78 is 0. The Morgan fingerprint density at radius 2 is 1.76 bits per heavy atom. The number of carbonyl (C=O) groups excluding carboxylic acids is 2. The summed E-state index contributed by atoms with van der Waals surface area (Å²) in [5.74, 6) is 0.177. The first kappa shape index (κ1) is 14.1. The summed E-state index contributed by atoms with van der Waals surface area (Å²) in [7, 11) is 0. The van der Waals surface area contributed by atoms with E-state index in [9.17, 15) is 9.59 Å². The smallest absolute Gasteiger partial charge is 0.227 e. The van der Waals surface area contributed by atoms with E-state index in [4.69, 9.17) is 0 Å². The van der Waals surface area contributed by atoms with Crippen LogP contribution in [0.4, 0.5) is 0 Å². The molecule has 0 bridgehead atoms. The molecule has 0 N–H and O–H groups in total. The molecule has 0 saturated carbocycles. The highest BCUT2D eigenvalue weighted by Crippen LogP contribution is 2.22. The lowest BCUT2D eigenvalue weighted by atomic mass is 9.90. The van der Waals surface area contributed by atoms with Crippen molar-refractivity contribution in [2.75, 3.05) is 26.2 Å². The van der Waals surface area contributed by atoms with Crippen molar-refractivity contribution in [2.24, 2.45) is 0 Å². The van der Waals surface area contributed by atoms with Crippen molar-refractivity contribution in [2.45, 2.75) is 32.1 Å². The molecule has 0 unspecified atom stereocenters. The summed E-state index contributed by atoms with van der Waals surface area (Å²) in [6.07, 6.45) is 6.22. The Morgan fingerprint density at radius 1 is 1.05 bits per heavy atom. The van der Waals surface area contributed by atoms with Crippen molar-refractivity contribution < 1.29 is 9.59 Å². The van der Waals surface area contributed by atoms with Crippen LogP contribution in [0.15, 0.2) is 18.2 Å². The van der Waals surface area contributed by atoms with Crippen LogP contribution < -0.4 is 0 Å². The number of carbonyl (C=O) groups is 2. The minimum Gasteiger partial charge on any atom is -0.342 e. The molecular formula is C17H22N2O2. The fraction of sp³-hybridized carbons (Fsp3) is 0.529. The molecule has 1 saturated heterocycles. The third kappa shape index (κ3) is 3.26. The molecule has 0 atom stereocenters. The highest BCUT2D eigenvalue weighted by Gasteiger charge is 2.20. The standard InChI is InChI=1S/C17H22N2O2/c20-13-18-7-9-19(10-8-18)17(21)12-14-5-6-15-3-1-2-4-16(15)11-14/h5-6,11,13H,1-4,7-10,12H2. The van der Waals surface area contributed by atoms with Crippen LogP contribution in [0, 0.1) is 0 Å². The topological polar surface area (TPSA) is 40.6 Å². The molecule has 21 heavy (non-hydrogen) atoms. The van der Waals surface area contributed by atoms with Gasteiger partial charge in [0, 0.05) is 26.2 Å². The lowest BCUT2D eigenvalue weighted by Crippen LogP contribution is -2.48. The van der Waals surface area contributed by atoms with Crippen molar-refractivity contribution in [3.8, 4) is 0 Å². The van der Waals surface area contributed by atoms with Crippen molar-refractivity contribution in [3.05, 3.63) is 34.9 Å². The van der Waals surface area contributed by atoms with E-state index in [0.717, 1.165) is 18.4 Å². The van der Waals surface area contributed by atoms with Gasteiger partial charge in [-0.15, -0.1) is 0 Å². The second-order valence-corrected chi connectivity index (χ2v) is 6.01. The van der Waals surface area contributed by atoms with Gasteiger partial charge in [-0.1, -0.05) is 18.2 Å². The molecule has 1 aliphatic heterocycles. The molecule has 0 aromatic heterocycles. The Balaban J connectivity index is 1.61. The van der Waals surface area contributed by atoms with Gasteiger partial charge in [0.2, 0.25) is 12.3 Å². The Hall–Kier alpha value is -1.84. The lowest BCUT2D eigenvalue weighted by Gasteiger charge is -2.32. The van der Waals surface area contributed by atoms with E-state index in [2.05, 4.69) is 18.2 Å². The summed E-state index contributed by atoms with van der Waals surface area (Å²) in [6, 6.07) is 6.51. The van der Waals surface area contributed by atoms with Crippen LogP contribution in [0.1, 0.15) is 29.5 Å². The zero-order chi connectivity index (χ0) is 14.7. The maximum Gasteiger partial charge on any atom is 0.227 e. The highest BCUT2D eigenvalue weighted by atomic mass is 16.2. The molecule has 2 amide bonds. The van der Waals surface area contributed by atoms with Crippen LogP contribution in [-0.2, 0) is 28.9 Å². The second-order valence-electron chi connectivity index (χ2n) is 6.01. The number of piperazine rings is 1. The summed E-state index contributed by atoms with van der Waals surface area (Å²) in [5.41, 5.74) is 4.01. The van der Waals surface area contributed by atoms with E-state index < -0.39 is 0 Å². The van der Waals surface area contributed by atoms with Gasteiger partial charge in [0.25, 0.3) is 0 Å². The van der Waals surface area contributed by atoms with E-state index in [1.165, 1.54) is 30.4 Å². The third-order valence-corrected chi connectivity index (χ3v) is 4.58. The summed E-state index contributed by atoms with van der Waals surface area (Å²) in [4.78, 5) is 26.6. The Labute approximate surface area is 125 Å². The predicted octanol–water partition coefficient (Wildman–Crippen LogP) is 1.41. The van der Waals surface area contributed by atoms with E-state index in [1.54, 1.807) is 4.90 Å². The number of benzene rings is 1. The minimum absolute atomic E-state index is 0.177. The number of fused-ring (bicyclic) bond motifs is 1. The quantitative estimate of drug-likeness (QED) is 0.788. The number of hydrogen-bond donors (Lipinski definition) is 0. The van der Waals surface area contributed by atoms with Gasteiger partial charge in [0.15, 0.2) is 0 Å². The Morgan fingerprint density at radius 3 is 2.48 bits per heavy atom. The fourth-order valence-electron chi connectivity index (χ4n) is 3.26. The zero-order valence-corrected chi connectivity index (χ0v) is 12.4.